The van der Waals surface area contributed by atoms with E-state index in [1.54, 1.807) is 4.90 Å². The summed E-state index contributed by atoms with van der Waals surface area (Å²) >= 11 is 0. The zero-order valence-corrected chi connectivity index (χ0v) is 30.6. The highest BCUT2D eigenvalue weighted by Gasteiger charge is 2.45. The molecular weight excluding hydrogens is 667 g/mol. The van der Waals surface area contributed by atoms with Gasteiger partial charge >= 0.3 is 0 Å². The number of carbonyl (C=O) groups is 3. The number of anilines is 2. The summed E-state index contributed by atoms with van der Waals surface area (Å²) in [7, 11) is 0. The first-order valence-electron chi connectivity index (χ1n) is 19.8. The third-order valence-corrected chi connectivity index (χ3v) is 13.4. The number of aryl methyl sites for hydroxylation is 1. The van der Waals surface area contributed by atoms with Gasteiger partial charge in [0, 0.05) is 94.8 Å². The Balaban J connectivity index is 0.776. The zero-order chi connectivity index (χ0) is 36.1. The van der Waals surface area contributed by atoms with Crippen molar-refractivity contribution in [3.8, 4) is 5.75 Å². The van der Waals surface area contributed by atoms with Crippen molar-refractivity contribution in [2.45, 2.75) is 69.9 Å². The van der Waals surface area contributed by atoms with Crippen LogP contribution in [-0.4, -0.2) is 97.7 Å². The minimum Gasteiger partial charge on any atom is -0.508 e. The number of fused-ring (bicyclic) bond motifs is 2. The molecule has 4 fully saturated rings. The van der Waals surface area contributed by atoms with Crippen LogP contribution in [0.2, 0.25) is 0 Å². The van der Waals surface area contributed by atoms with Gasteiger partial charge < -0.3 is 24.5 Å². The summed E-state index contributed by atoms with van der Waals surface area (Å²) in [5.41, 5.74) is 8.36. The van der Waals surface area contributed by atoms with Crippen LogP contribution in [0.1, 0.15) is 83.5 Å². The Bertz CT molecular complexity index is 1870. The Kier molecular flexibility index (Phi) is 9.14. The summed E-state index contributed by atoms with van der Waals surface area (Å²) in [5.74, 6) is 0.641. The second-order valence-electron chi connectivity index (χ2n) is 16.3. The highest BCUT2D eigenvalue weighted by molar-refractivity contribution is 6.05. The second kappa shape index (κ2) is 14.1. The number of benzene rings is 3. The minimum absolute atomic E-state index is 0.120. The third kappa shape index (κ3) is 6.58. The maximum absolute atomic E-state index is 13.1. The number of phenols is 1. The first kappa shape index (κ1) is 34.4. The lowest BCUT2D eigenvalue weighted by Crippen LogP contribution is -2.52. The minimum atomic E-state index is -0.584. The first-order chi connectivity index (χ1) is 25.8. The number of carbonyl (C=O) groups excluding carboxylic acids is 3. The number of aromatic hydroxyl groups is 1. The van der Waals surface area contributed by atoms with Gasteiger partial charge in [-0.15, -0.1) is 0 Å². The molecule has 3 aromatic carbocycles. The van der Waals surface area contributed by atoms with Gasteiger partial charge in [-0.2, -0.15) is 0 Å². The van der Waals surface area contributed by atoms with Crippen LogP contribution in [0.5, 0.6) is 5.75 Å². The number of phenolic OH excluding ortho intramolecular Hbond substituents is 1. The number of imide groups is 1. The molecule has 10 heteroatoms. The summed E-state index contributed by atoms with van der Waals surface area (Å²) in [6, 6.07) is 20.9. The molecule has 2 atom stereocenters. The zero-order valence-electron chi connectivity index (χ0n) is 30.6. The van der Waals surface area contributed by atoms with Crippen molar-refractivity contribution in [3.05, 3.63) is 88.5 Å². The fraction of sp³-hybridized carbons (Fsp3) is 0.512. The van der Waals surface area contributed by atoms with Gasteiger partial charge in [-0.1, -0.05) is 18.2 Å². The Hall–Kier alpha value is -4.41. The average Bonchev–Trinajstić information content (AvgIpc) is 3.51. The van der Waals surface area contributed by atoms with E-state index >= 15 is 0 Å². The predicted molar refractivity (Wildman–Crippen MR) is 203 cm³/mol. The summed E-state index contributed by atoms with van der Waals surface area (Å²) in [4.78, 5) is 46.5. The van der Waals surface area contributed by atoms with E-state index in [4.69, 9.17) is 4.74 Å². The van der Waals surface area contributed by atoms with Gasteiger partial charge in [-0.3, -0.25) is 24.6 Å². The maximum atomic E-state index is 13.1. The van der Waals surface area contributed by atoms with Crippen LogP contribution in [0.4, 0.5) is 11.4 Å². The van der Waals surface area contributed by atoms with Crippen molar-refractivity contribution in [1.29, 1.82) is 0 Å². The largest absolute Gasteiger partial charge is 0.508 e. The molecule has 3 amide bonds. The highest BCUT2D eigenvalue weighted by Crippen LogP contribution is 2.55. The summed E-state index contributed by atoms with van der Waals surface area (Å²) in [6.45, 7) is 9.34. The molecule has 2 unspecified atom stereocenters. The summed E-state index contributed by atoms with van der Waals surface area (Å²) in [6.07, 6.45) is 7.39. The number of amides is 3. The second-order valence-corrected chi connectivity index (χ2v) is 16.3. The molecule has 5 aliphatic heterocycles. The molecule has 4 saturated heterocycles. The van der Waals surface area contributed by atoms with Gasteiger partial charge in [0.05, 0.1) is 0 Å². The molecule has 6 aliphatic rings. The van der Waals surface area contributed by atoms with E-state index in [1.807, 2.05) is 24.3 Å². The SMILES string of the molecule is O=C1CCC(N2Cc3cc(N4CCN(CC5CCN(c6ccc(C7c8ccc(O)cc8CCC78CCOCC8)cc6)CC5)CC4)ccc3C2=O)C(=O)N1. The van der Waals surface area contributed by atoms with E-state index < -0.39 is 6.04 Å². The number of hydrogen-bond donors (Lipinski definition) is 2. The molecule has 53 heavy (non-hydrogen) atoms. The molecule has 1 aliphatic carbocycles. The van der Waals surface area contributed by atoms with Crippen molar-refractivity contribution >= 4 is 29.1 Å². The van der Waals surface area contributed by atoms with Crippen LogP contribution in [-0.2, 0) is 27.3 Å². The number of nitrogens with one attached hydrogen (secondary N) is 1. The van der Waals surface area contributed by atoms with Crippen LogP contribution in [0, 0.1) is 11.3 Å². The lowest BCUT2D eigenvalue weighted by Gasteiger charge is -2.48. The number of hydrogen-bond acceptors (Lipinski definition) is 8. The number of nitrogens with zero attached hydrogens (tertiary/aromatic N) is 4. The van der Waals surface area contributed by atoms with Crippen LogP contribution < -0.4 is 15.1 Å². The number of piperidine rings is 2. The van der Waals surface area contributed by atoms with Gasteiger partial charge in [0.1, 0.15) is 11.8 Å². The van der Waals surface area contributed by atoms with Gasteiger partial charge in [0.15, 0.2) is 0 Å². The van der Waals surface area contributed by atoms with E-state index in [9.17, 15) is 19.5 Å². The Morgan fingerprint density at radius 3 is 2.25 bits per heavy atom. The lowest BCUT2D eigenvalue weighted by atomic mass is 9.58. The molecule has 2 N–H and O–H groups in total. The molecule has 5 heterocycles. The number of piperazine rings is 1. The normalized spacial score (nSPS) is 25.1. The molecule has 0 aromatic heterocycles. The molecule has 1 spiro atoms. The fourth-order valence-corrected chi connectivity index (χ4v) is 10.4. The van der Waals surface area contributed by atoms with Gasteiger partial charge in [-0.25, -0.2) is 0 Å². The smallest absolute Gasteiger partial charge is 0.255 e. The van der Waals surface area contributed by atoms with E-state index in [-0.39, 0.29) is 29.6 Å². The van der Waals surface area contributed by atoms with Crippen LogP contribution in [0.3, 0.4) is 0 Å². The topological polar surface area (TPSA) is 106 Å². The van der Waals surface area contributed by atoms with Crippen molar-refractivity contribution < 1.29 is 24.2 Å². The van der Waals surface area contributed by atoms with Crippen molar-refractivity contribution in [2.75, 3.05) is 68.8 Å². The Morgan fingerprint density at radius 2 is 1.49 bits per heavy atom. The van der Waals surface area contributed by atoms with Crippen LogP contribution >= 0.6 is 0 Å². The lowest BCUT2D eigenvalue weighted by molar-refractivity contribution is -0.136. The van der Waals surface area contributed by atoms with Crippen LogP contribution in [0.25, 0.3) is 0 Å². The summed E-state index contributed by atoms with van der Waals surface area (Å²) < 4.78 is 5.83. The van der Waals surface area contributed by atoms with Gasteiger partial charge in [0.2, 0.25) is 11.8 Å². The van der Waals surface area contributed by atoms with Gasteiger partial charge in [0.25, 0.3) is 5.91 Å². The highest BCUT2D eigenvalue weighted by atomic mass is 16.5. The quantitative estimate of drug-likeness (QED) is 0.341. The van der Waals surface area contributed by atoms with Crippen molar-refractivity contribution in [2.24, 2.45) is 11.3 Å². The number of rotatable bonds is 6. The van der Waals surface area contributed by atoms with Gasteiger partial charge in [-0.05, 0) is 121 Å². The third-order valence-electron chi connectivity index (χ3n) is 13.4. The molecule has 278 valence electrons. The van der Waals surface area contributed by atoms with Crippen molar-refractivity contribution in [1.82, 2.24) is 15.1 Å². The predicted octanol–water partition coefficient (Wildman–Crippen LogP) is 5.07. The first-order valence-corrected chi connectivity index (χ1v) is 19.8. The molecule has 0 saturated carbocycles. The van der Waals surface area contributed by atoms with Crippen LogP contribution in [0.15, 0.2) is 60.7 Å². The molecule has 0 bridgehead atoms. The van der Waals surface area contributed by atoms with E-state index in [0.717, 1.165) is 96.0 Å². The molecule has 9 rings (SSSR count). The number of ether oxygens (including phenoxy) is 1. The molecular formula is C43H51N5O5. The van der Waals surface area contributed by atoms with Crippen molar-refractivity contribution in [3.63, 3.8) is 0 Å². The molecule has 0 radical (unpaired) electrons. The van der Waals surface area contributed by atoms with E-state index in [1.165, 1.54) is 35.2 Å². The standard InChI is InChI=1S/C43H51N5O5/c49-35-6-8-36-31(26-35)11-14-43(15-23-53-24-16-43)40(36)30-1-3-33(4-2-30)46-17-12-29(13-18-46)27-45-19-21-47(22-20-45)34-5-7-37-32(25-34)28-48(42(37)52)38-9-10-39(50)44-41(38)51/h1-8,25-26,29,38,40,49H,9-24,27-28H2,(H,44,50,51). The van der Waals surface area contributed by atoms with E-state index in [0.29, 0.717) is 36.1 Å². The van der Waals surface area contributed by atoms with E-state index in [2.05, 4.69) is 56.4 Å². The molecule has 3 aromatic rings. The fourth-order valence-electron chi connectivity index (χ4n) is 10.4. The average molecular weight is 718 g/mol. The summed E-state index contributed by atoms with van der Waals surface area (Å²) in [5, 5.41) is 12.6. The Morgan fingerprint density at radius 1 is 0.755 bits per heavy atom. The Labute approximate surface area is 312 Å². The molecule has 10 nitrogen and oxygen atoms in total. The monoisotopic (exact) mass is 717 g/mol. The maximum Gasteiger partial charge on any atom is 0.255 e.